The maximum atomic E-state index is 6.27. The molecule has 2 N–H and O–H groups in total. The number of hydrogen-bond donors (Lipinski definition) is 1. The van der Waals surface area contributed by atoms with Gasteiger partial charge in [-0.15, -0.1) is 0 Å². The van der Waals surface area contributed by atoms with Crippen LogP contribution in [-0.2, 0) is 0 Å². The van der Waals surface area contributed by atoms with E-state index < -0.39 is 0 Å². The fourth-order valence-corrected chi connectivity index (χ4v) is 3.20. The number of rotatable bonds is 4. The Morgan fingerprint density at radius 1 is 1.11 bits per heavy atom. The van der Waals surface area contributed by atoms with Crippen molar-refractivity contribution in [2.24, 2.45) is 23.5 Å². The van der Waals surface area contributed by atoms with Crippen LogP contribution in [0, 0.1) is 17.8 Å². The Bertz CT molecular complexity index is 346. The zero-order valence-electron chi connectivity index (χ0n) is 11.8. The fourth-order valence-electron chi connectivity index (χ4n) is 3.20. The van der Waals surface area contributed by atoms with E-state index >= 15 is 0 Å². The van der Waals surface area contributed by atoms with Crippen molar-refractivity contribution in [1.82, 2.24) is 0 Å². The van der Waals surface area contributed by atoms with E-state index in [1.54, 1.807) is 0 Å². The van der Waals surface area contributed by atoms with Crippen LogP contribution in [0.2, 0.25) is 0 Å². The van der Waals surface area contributed by atoms with Gasteiger partial charge < -0.3 is 5.73 Å². The Morgan fingerprint density at radius 2 is 1.83 bits per heavy atom. The molecule has 1 fully saturated rings. The minimum Gasteiger partial charge on any atom is -0.324 e. The second-order valence-corrected chi connectivity index (χ2v) is 6.23. The minimum atomic E-state index is 0.223. The summed E-state index contributed by atoms with van der Waals surface area (Å²) < 4.78 is 0. The standard InChI is InChI=1S/C17H27N/c1-13-8-9-15(12-14(13)2)10-11-17(18)16-6-4-3-5-7-16/h3-7,13-15,17H,8-12,18H2,1-2H3. The van der Waals surface area contributed by atoms with Crippen LogP contribution in [0.1, 0.15) is 57.6 Å². The Balaban J connectivity index is 1.78. The van der Waals surface area contributed by atoms with Crippen molar-refractivity contribution in [2.45, 2.75) is 52.0 Å². The van der Waals surface area contributed by atoms with E-state index in [-0.39, 0.29) is 6.04 Å². The molecular weight excluding hydrogens is 218 g/mol. The summed E-state index contributed by atoms with van der Waals surface area (Å²) in [5, 5.41) is 0. The molecule has 0 spiro atoms. The van der Waals surface area contributed by atoms with Crippen molar-refractivity contribution < 1.29 is 0 Å². The molecule has 1 saturated carbocycles. The third kappa shape index (κ3) is 3.58. The van der Waals surface area contributed by atoms with Gasteiger partial charge in [-0.2, -0.15) is 0 Å². The van der Waals surface area contributed by atoms with E-state index in [0.717, 1.165) is 24.2 Å². The first-order chi connectivity index (χ1) is 8.66. The molecule has 0 amide bonds. The van der Waals surface area contributed by atoms with Crippen molar-refractivity contribution in [3.05, 3.63) is 35.9 Å². The van der Waals surface area contributed by atoms with Gasteiger partial charge in [-0.1, -0.05) is 57.0 Å². The van der Waals surface area contributed by atoms with Gasteiger partial charge in [-0.05, 0) is 42.6 Å². The molecule has 0 radical (unpaired) electrons. The van der Waals surface area contributed by atoms with Crippen LogP contribution in [0.15, 0.2) is 30.3 Å². The van der Waals surface area contributed by atoms with Crippen LogP contribution >= 0.6 is 0 Å². The lowest BCUT2D eigenvalue weighted by molar-refractivity contribution is 0.196. The lowest BCUT2D eigenvalue weighted by atomic mass is 9.74. The molecule has 1 nitrogen and oxygen atoms in total. The molecule has 1 aliphatic rings. The SMILES string of the molecule is CC1CCC(CCC(N)c2ccccc2)CC1C. The summed E-state index contributed by atoms with van der Waals surface area (Å²) in [5.41, 5.74) is 7.56. The third-order valence-corrected chi connectivity index (χ3v) is 4.82. The van der Waals surface area contributed by atoms with Crippen LogP contribution in [0.3, 0.4) is 0 Å². The molecule has 0 saturated heterocycles. The summed E-state index contributed by atoms with van der Waals surface area (Å²) in [7, 11) is 0. The van der Waals surface area contributed by atoms with Crippen molar-refractivity contribution in [3.63, 3.8) is 0 Å². The van der Waals surface area contributed by atoms with Gasteiger partial charge in [0.05, 0.1) is 0 Å². The molecule has 0 aromatic heterocycles. The first-order valence-electron chi connectivity index (χ1n) is 7.47. The molecule has 1 heteroatoms. The van der Waals surface area contributed by atoms with Gasteiger partial charge in [0.15, 0.2) is 0 Å². The van der Waals surface area contributed by atoms with Gasteiger partial charge in [0, 0.05) is 6.04 Å². The maximum Gasteiger partial charge on any atom is 0.0294 e. The highest BCUT2D eigenvalue weighted by molar-refractivity contribution is 5.18. The Morgan fingerprint density at radius 3 is 2.50 bits per heavy atom. The first kappa shape index (κ1) is 13.6. The summed E-state index contributed by atoms with van der Waals surface area (Å²) in [6.45, 7) is 4.81. The molecule has 0 aliphatic heterocycles. The van der Waals surface area contributed by atoms with E-state index in [1.807, 2.05) is 0 Å². The van der Waals surface area contributed by atoms with Crippen molar-refractivity contribution in [1.29, 1.82) is 0 Å². The molecule has 4 atom stereocenters. The average Bonchev–Trinajstić information content (AvgIpc) is 2.41. The average molecular weight is 245 g/mol. The van der Waals surface area contributed by atoms with Gasteiger partial charge in [-0.25, -0.2) is 0 Å². The number of nitrogens with two attached hydrogens (primary N) is 1. The molecule has 18 heavy (non-hydrogen) atoms. The predicted octanol–water partition coefficient (Wildman–Crippen LogP) is 4.54. The fraction of sp³-hybridized carbons (Fsp3) is 0.647. The summed E-state index contributed by atoms with van der Waals surface area (Å²) in [6.07, 6.45) is 6.66. The lowest BCUT2D eigenvalue weighted by Crippen LogP contribution is -2.22. The quantitative estimate of drug-likeness (QED) is 0.828. The van der Waals surface area contributed by atoms with E-state index in [9.17, 15) is 0 Å². The van der Waals surface area contributed by atoms with Gasteiger partial charge in [0.2, 0.25) is 0 Å². The van der Waals surface area contributed by atoms with Crippen molar-refractivity contribution in [3.8, 4) is 0 Å². The minimum absolute atomic E-state index is 0.223. The predicted molar refractivity (Wildman–Crippen MR) is 78.3 cm³/mol. The number of benzene rings is 1. The van der Waals surface area contributed by atoms with Crippen LogP contribution in [0.4, 0.5) is 0 Å². The summed E-state index contributed by atoms with van der Waals surface area (Å²) in [5.74, 6) is 2.73. The van der Waals surface area contributed by atoms with E-state index in [1.165, 1.54) is 31.2 Å². The van der Waals surface area contributed by atoms with E-state index in [0.29, 0.717) is 0 Å². The highest BCUT2D eigenvalue weighted by Crippen LogP contribution is 2.36. The molecule has 1 aromatic carbocycles. The maximum absolute atomic E-state index is 6.27. The second kappa shape index (κ2) is 6.38. The Hall–Kier alpha value is -0.820. The summed E-state index contributed by atoms with van der Waals surface area (Å²) >= 11 is 0. The van der Waals surface area contributed by atoms with E-state index in [4.69, 9.17) is 5.73 Å². The van der Waals surface area contributed by atoms with Crippen LogP contribution < -0.4 is 5.73 Å². The monoisotopic (exact) mass is 245 g/mol. The molecule has 4 unspecified atom stereocenters. The molecule has 1 aliphatic carbocycles. The van der Waals surface area contributed by atoms with Crippen molar-refractivity contribution in [2.75, 3.05) is 0 Å². The summed E-state index contributed by atoms with van der Waals surface area (Å²) in [6, 6.07) is 10.7. The Kier molecular flexibility index (Phi) is 4.82. The van der Waals surface area contributed by atoms with Crippen LogP contribution in [0.25, 0.3) is 0 Å². The molecular formula is C17H27N. The van der Waals surface area contributed by atoms with Crippen LogP contribution in [-0.4, -0.2) is 0 Å². The van der Waals surface area contributed by atoms with Gasteiger partial charge in [-0.3, -0.25) is 0 Å². The van der Waals surface area contributed by atoms with Crippen molar-refractivity contribution >= 4 is 0 Å². The van der Waals surface area contributed by atoms with Gasteiger partial charge in [0.25, 0.3) is 0 Å². The van der Waals surface area contributed by atoms with Crippen LogP contribution in [0.5, 0.6) is 0 Å². The lowest BCUT2D eigenvalue weighted by Gasteiger charge is -2.32. The van der Waals surface area contributed by atoms with Gasteiger partial charge in [0.1, 0.15) is 0 Å². The normalized spacial score (nSPS) is 30.1. The first-order valence-corrected chi connectivity index (χ1v) is 7.47. The molecule has 100 valence electrons. The topological polar surface area (TPSA) is 26.0 Å². The second-order valence-electron chi connectivity index (χ2n) is 6.23. The summed E-state index contributed by atoms with van der Waals surface area (Å²) in [4.78, 5) is 0. The molecule has 1 aromatic rings. The largest absolute Gasteiger partial charge is 0.324 e. The smallest absolute Gasteiger partial charge is 0.0294 e. The zero-order chi connectivity index (χ0) is 13.0. The van der Waals surface area contributed by atoms with E-state index in [2.05, 4.69) is 44.2 Å². The molecule has 0 bridgehead atoms. The number of hydrogen-bond acceptors (Lipinski definition) is 1. The highest BCUT2D eigenvalue weighted by Gasteiger charge is 2.24. The highest BCUT2D eigenvalue weighted by atomic mass is 14.6. The Labute approximate surface area is 112 Å². The zero-order valence-corrected chi connectivity index (χ0v) is 11.8. The molecule has 0 heterocycles. The third-order valence-electron chi connectivity index (χ3n) is 4.82. The van der Waals surface area contributed by atoms with Gasteiger partial charge >= 0.3 is 0 Å². The molecule has 2 rings (SSSR count).